The van der Waals surface area contributed by atoms with Crippen LogP contribution < -0.4 is 10.2 Å². The van der Waals surface area contributed by atoms with E-state index in [1.807, 2.05) is 37.3 Å². The second-order valence-corrected chi connectivity index (χ2v) is 6.45. The van der Waals surface area contributed by atoms with Crippen molar-refractivity contribution in [1.29, 1.82) is 5.26 Å². The molecule has 0 bridgehead atoms. The molecule has 134 valence electrons. The number of piperazine rings is 1. The first-order valence-corrected chi connectivity index (χ1v) is 8.84. The number of carbonyl (C=O) groups is 1. The average Bonchev–Trinajstić information content (AvgIpc) is 2.69. The summed E-state index contributed by atoms with van der Waals surface area (Å²) in [5.41, 5.74) is 1.69. The quantitative estimate of drug-likeness (QED) is 0.893. The Hall–Kier alpha value is -2.91. The summed E-state index contributed by atoms with van der Waals surface area (Å²) >= 11 is 0. The molecule has 1 unspecified atom stereocenters. The van der Waals surface area contributed by atoms with Crippen LogP contribution in [0.5, 0.6) is 0 Å². The molecule has 0 radical (unpaired) electrons. The van der Waals surface area contributed by atoms with Gasteiger partial charge in [-0.25, -0.2) is 4.98 Å². The van der Waals surface area contributed by atoms with Crippen molar-refractivity contribution in [3.05, 3.63) is 59.8 Å². The van der Waals surface area contributed by atoms with Gasteiger partial charge < -0.3 is 10.2 Å². The van der Waals surface area contributed by atoms with Gasteiger partial charge in [-0.3, -0.25) is 9.69 Å². The van der Waals surface area contributed by atoms with Crippen LogP contribution in [-0.2, 0) is 4.79 Å². The van der Waals surface area contributed by atoms with Gasteiger partial charge in [0.15, 0.2) is 0 Å². The molecule has 6 heteroatoms. The first-order chi connectivity index (χ1) is 12.7. The molecule has 1 aliphatic rings. The Morgan fingerprint density at radius 2 is 1.92 bits per heavy atom. The van der Waals surface area contributed by atoms with Gasteiger partial charge in [-0.05, 0) is 24.6 Å². The molecule has 0 aliphatic carbocycles. The molecule has 1 N–H and O–H groups in total. The Morgan fingerprint density at radius 1 is 1.19 bits per heavy atom. The van der Waals surface area contributed by atoms with Crippen LogP contribution in [0, 0.1) is 11.3 Å². The van der Waals surface area contributed by atoms with Crippen LogP contribution in [-0.4, -0.2) is 48.5 Å². The van der Waals surface area contributed by atoms with Gasteiger partial charge in [0, 0.05) is 32.4 Å². The number of carbonyl (C=O) groups excluding carboxylic acids is 1. The van der Waals surface area contributed by atoms with Crippen LogP contribution in [0.1, 0.15) is 24.1 Å². The summed E-state index contributed by atoms with van der Waals surface area (Å²) in [5.74, 6) is 0.766. The standard InChI is InChI=1S/C20H23N5O/c1-16(17-6-3-2-4-7-17)23-19(26)15-24-10-12-25(13-11-24)20-18(14-21)8-5-9-22-20/h2-9,16H,10-13,15H2,1H3,(H,23,26). The fourth-order valence-electron chi connectivity index (χ4n) is 3.17. The normalized spacial score (nSPS) is 15.9. The van der Waals surface area contributed by atoms with E-state index in [9.17, 15) is 10.1 Å². The predicted molar refractivity (Wildman–Crippen MR) is 101 cm³/mol. The molecule has 6 nitrogen and oxygen atoms in total. The van der Waals surface area contributed by atoms with E-state index >= 15 is 0 Å². The van der Waals surface area contributed by atoms with E-state index in [0.717, 1.165) is 37.6 Å². The number of benzene rings is 1. The number of nitrogens with one attached hydrogen (secondary N) is 1. The molecular weight excluding hydrogens is 326 g/mol. The highest BCUT2D eigenvalue weighted by Gasteiger charge is 2.22. The topological polar surface area (TPSA) is 72.3 Å². The molecule has 26 heavy (non-hydrogen) atoms. The van der Waals surface area contributed by atoms with E-state index in [4.69, 9.17) is 0 Å². The number of rotatable bonds is 5. The average molecular weight is 349 g/mol. The maximum absolute atomic E-state index is 12.3. The minimum Gasteiger partial charge on any atom is -0.353 e. The van der Waals surface area contributed by atoms with Crippen LogP contribution in [0.4, 0.5) is 5.82 Å². The molecular formula is C20H23N5O. The number of amides is 1. The second kappa shape index (κ2) is 8.45. The minimum absolute atomic E-state index is 0.00306. The van der Waals surface area contributed by atoms with Crippen molar-refractivity contribution in [1.82, 2.24) is 15.2 Å². The molecule has 3 rings (SSSR count). The molecule has 0 saturated carbocycles. The van der Waals surface area contributed by atoms with Gasteiger partial charge in [-0.1, -0.05) is 30.3 Å². The van der Waals surface area contributed by atoms with Crippen molar-refractivity contribution in [2.45, 2.75) is 13.0 Å². The summed E-state index contributed by atoms with van der Waals surface area (Å²) in [6.45, 7) is 5.44. The zero-order valence-corrected chi connectivity index (χ0v) is 14.9. The molecule has 1 aromatic heterocycles. The monoisotopic (exact) mass is 349 g/mol. The predicted octanol–water partition coefficient (Wildman–Crippen LogP) is 1.95. The molecule has 1 saturated heterocycles. The second-order valence-electron chi connectivity index (χ2n) is 6.45. The van der Waals surface area contributed by atoms with Crippen LogP contribution in [0.3, 0.4) is 0 Å². The Labute approximate surface area is 154 Å². The van der Waals surface area contributed by atoms with Crippen LogP contribution in [0.2, 0.25) is 0 Å². The van der Waals surface area contributed by atoms with Gasteiger partial charge in [0.05, 0.1) is 18.2 Å². The largest absolute Gasteiger partial charge is 0.353 e. The highest BCUT2D eigenvalue weighted by atomic mass is 16.2. The summed E-state index contributed by atoms with van der Waals surface area (Å²) in [7, 11) is 0. The first kappa shape index (κ1) is 17.9. The Bertz CT molecular complexity index is 778. The van der Waals surface area contributed by atoms with E-state index in [1.165, 1.54) is 0 Å². The van der Waals surface area contributed by atoms with Gasteiger partial charge in [0.1, 0.15) is 11.9 Å². The number of nitriles is 1. The first-order valence-electron chi connectivity index (χ1n) is 8.84. The van der Waals surface area contributed by atoms with Crippen molar-refractivity contribution in [3.63, 3.8) is 0 Å². The lowest BCUT2D eigenvalue weighted by Crippen LogP contribution is -2.50. The Kier molecular flexibility index (Phi) is 5.82. The van der Waals surface area contributed by atoms with E-state index in [0.29, 0.717) is 12.1 Å². The zero-order chi connectivity index (χ0) is 18.4. The Balaban J connectivity index is 1.49. The van der Waals surface area contributed by atoms with E-state index in [-0.39, 0.29) is 11.9 Å². The third-order valence-corrected chi connectivity index (χ3v) is 4.62. The molecule has 2 heterocycles. The number of hydrogen-bond donors (Lipinski definition) is 1. The SMILES string of the molecule is CC(NC(=O)CN1CCN(c2ncccc2C#N)CC1)c1ccccc1. The molecule has 1 aromatic carbocycles. The van der Waals surface area contributed by atoms with Gasteiger partial charge in [0.2, 0.25) is 5.91 Å². The summed E-state index contributed by atoms with van der Waals surface area (Å²) in [6, 6.07) is 15.7. The molecule has 1 atom stereocenters. The highest BCUT2D eigenvalue weighted by molar-refractivity contribution is 5.78. The lowest BCUT2D eigenvalue weighted by molar-refractivity contribution is -0.123. The summed E-state index contributed by atoms with van der Waals surface area (Å²) in [5, 5.41) is 12.3. The van der Waals surface area contributed by atoms with E-state index in [1.54, 1.807) is 18.3 Å². The maximum atomic E-state index is 12.3. The minimum atomic E-state index is -0.00306. The zero-order valence-electron chi connectivity index (χ0n) is 14.9. The Morgan fingerprint density at radius 3 is 2.62 bits per heavy atom. The van der Waals surface area contributed by atoms with Crippen LogP contribution >= 0.6 is 0 Å². The summed E-state index contributed by atoms with van der Waals surface area (Å²) in [4.78, 5) is 20.9. The number of aromatic nitrogens is 1. The summed E-state index contributed by atoms with van der Waals surface area (Å²) in [6.07, 6.45) is 1.71. The summed E-state index contributed by atoms with van der Waals surface area (Å²) < 4.78 is 0. The lowest BCUT2D eigenvalue weighted by atomic mass is 10.1. The van der Waals surface area contributed by atoms with Crippen LogP contribution in [0.25, 0.3) is 0 Å². The van der Waals surface area contributed by atoms with Crippen molar-refractivity contribution in [2.75, 3.05) is 37.6 Å². The van der Waals surface area contributed by atoms with Gasteiger partial charge in [-0.15, -0.1) is 0 Å². The number of anilines is 1. The highest BCUT2D eigenvalue weighted by Crippen LogP contribution is 2.18. The number of nitrogens with zero attached hydrogens (tertiary/aromatic N) is 4. The van der Waals surface area contributed by atoms with Crippen molar-refractivity contribution >= 4 is 11.7 Å². The van der Waals surface area contributed by atoms with Crippen molar-refractivity contribution in [3.8, 4) is 6.07 Å². The van der Waals surface area contributed by atoms with E-state index < -0.39 is 0 Å². The fourth-order valence-corrected chi connectivity index (χ4v) is 3.17. The lowest BCUT2D eigenvalue weighted by Gasteiger charge is -2.35. The van der Waals surface area contributed by atoms with Crippen LogP contribution in [0.15, 0.2) is 48.7 Å². The third-order valence-electron chi connectivity index (χ3n) is 4.62. The molecule has 1 amide bonds. The molecule has 1 fully saturated rings. The maximum Gasteiger partial charge on any atom is 0.234 e. The van der Waals surface area contributed by atoms with Crippen molar-refractivity contribution < 1.29 is 4.79 Å². The smallest absolute Gasteiger partial charge is 0.234 e. The van der Waals surface area contributed by atoms with Crippen molar-refractivity contribution in [2.24, 2.45) is 0 Å². The molecule has 1 aliphatic heterocycles. The van der Waals surface area contributed by atoms with E-state index in [2.05, 4.69) is 26.2 Å². The van der Waals surface area contributed by atoms with Gasteiger partial charge in [0.25, 0.3) is 0 Å². The van der Waals surface area contributed by atoms with Gasteiger partial charge >= 0.3 is 0 Å². The fraction of sp³-hybridized carbons (Fsp3) is 0.350. The molecule has 0 spiro atoms. The molecule has 2 aromatic rings. The number of hydrogen-bond acceptors (Lipinski definition) is 5. The number of pyridine rings is 1. The van der Waals surface area contributed by atoms with Gasteiger partial charge in [-0.2, -0.15) is 5.26 Å². The third kappa shape index (κ3) is 4.38.